The van der Waals surface area contributed by atoms with Gasteiger partial charge in [-0.15, -0.1) is 0 Å². The van der Waals surface area contributed by atoms with Gasteiger partial charge in [-0.3, -0.25) is 14.4 Å². The number of nitrogens with zero attached hydrogens (tertiary/aromatic N) is 1. The summed E-state index contributed by atoms with van der Waals surface area (Å²) < 4.78 is 0. The fraction of sp³-hybridized carbons (Fsp3) is 0.500. The van der Waals surface area contributed by atoms with Crippen molar-refractivity contribution in [3.05, 3.63) is 29.8 Å². The lowest BCUT2D eigenvalue weighted by Gasteiger charge is -2.21. The van der Waals surface area contributed by atoms with E-state index < -0.39 is 6.04 Å². The fourth-order valence-electron chi connectivity index (χ4n) is 2.77. The summed E-state index contributed by atoms with van der Waals surface area (Å²) in [6, 6.07) is 6.28. The number of rotatable bonds is 5. The summed E-state index contributed by atoms with van der Waals surface area (Å²) >= 11 is 0. The van der Waals surface area contributed by atoms with Crippen molar-refractivity contribution in [2.24, 2.45) is 5.92 Å². The first-order valence-electron chi connectivity index (χ1n) is 8.36. The number of hydrogen-bond donors (Lipinski definition) is 2. The molecule has 6 nitrogen and oxygen atoms in total. The Kier molecular flexibility index (Phi) is 5.95. The second-order valence-electron chi connectivity index (χ2n) is 6.49. The topological polar surface area (TPSA) is 78.5 Å². The number of carbonyl (C=O) groups is 3. The maximum absolute atomic E-state index is 12.3. The van der Waals surface area contributed by atoms with Crippen LogP contribution in [0.1, 0.15) is 44.0 Å². The van der Waals surface area contributed by atoms with Gasteiger partial charge in [-0.2, -0.15) is 0 Å². The smallest absolute Gasteiger partial charge is 0.253 e. The molecule has 6 heteroatoms. The lowest BCUT2D eigenvalue weighted by molar-refractivity contribution is -0.126. The highest BCUT2D eigenvalue weighted by molar-refractivity contribution is 5.98. The molecule has 0 saturated carbocycles. The number of benzene rings is 1. The van der Waals surface area contributed by atoms with E-state index in [0.717, 1.165) is 25.9 Å². The summed E-state index contributed by atoms with van der Waals surface area (Å²) in [4.78, 5) is 37.7. The van der Waals surface area contributed by atoms with Crippen LogP contribution in [0.5, 0.6) is 0 Å². The van der Waals surface area contributed by atoms with Crippen LogP contribution in [-0.2, 0) is 9.59 Å². The molecule has 130 valence electrons. The van der Waals surface area contributed by atoms with E-state index in [1.165, 1.54) is 6.92 Å². The maximum atomic E-state index is 12.3. The Labute approximate surface area is 142 Å². The first-order chi connectivity index (χ1) is 11.4. The molecule has 1 saturated heterocycles. The molecule has 0 aliphatic carbocycles. The van der Waals surface area contributed by atoms with Crippen molar-refractivity contribution in [2.45, 2.75) is 39.7 Å². The van der Waals surface area contributed by atoms with Crippen LogP contribution in [-0.4, -0.2) is 41.8 Å². The molecule has 2 rings (SSSR count). The van der Waals surface area contributed by atoms with Crippen molar-refractivity contribution in [3.8, 4) is 0 Å². The number of likely N-dealkylation sites (tertiary alicyclic amines) is 1. The van der Waals surface area contributed by atoms with E-state index in [0.29, 0.717) is 11.3 Å². The van der Waals surface area contributed by atoms with Crippen molar-refractivity contribution < 1.29 is 14.4 Å². The van der Waals surface area contributed by atoms with Crippen LogP contribution in [0, 0.1) is 5.92 Å². The molecule has 1 unspecified atom stereocenters. The van der Waals surface area contributed by atoms with Crippen LogP contribution >= 0.6 is 0 Å². The molecule has 0 radical (unpaired) electrons. The standard InChI is InChI=1S/C18H25N3O3/c1-12(2)16(19-13(3)22)17(23)20-15-8-6-14(7-9-15)18(24)21-10-4-5-11-21/h6-9,12,16H,4-5,10-11H2,1-3H3,(H,19,22)(H,20,23). The molecule has 0 aromatic heterocycles. The normalized spacial score (nSPS) is 15.2. The van der Waals surface area contributed by atoms with Crippen LogP contribution < -0.4 is 10.6 Å². The van der Waals surface area contributed by atoms with E-state index >= 15 is 0 Å². The minimum absolute atomic E-state index is 0.0232. The van der Waals surface area contributed by atoms with E-state index in [9.17, 15) is 14.4 Å². The molecule has 0 spiro atoms. The molecule has 24 heavy (non-hydrogen) atoms. The first-order valence-corrected chi connectivity index (χ1v) is 8.36. The monoisotopic (exact) mass is 331 g/mol. The highest BCUT2D eigenvalue weighted by Crippen LogP contribution is 2.16. The molecule has 1 aromatic carbocycles. The highest BCUT2D eigenvalue weighted by atomic mass is 16.2. The number of amides is 3. The molecule has 1 aliphatic heterocycles. The van der Waals surface area contributed by atoms with E-state index in [2.05, 4.69) is 10.6 Å². The van der Waals surface area contributed by atoms with Gasteiger partial charge in [0.2, 0.25) is 11.8 Å². The summed E-state index contributed by atoms with van der Waals surface area (Å²) in [6.45, 7) is 6.76. The Morgan fingerprint density at radius 2 is 1.62 bits per heavy atom. The minimum Gasteiger partial charge on any atom is -0.344 e. The zero-order valence-electron chi connectivity index (χ0n) is 14.5. The average Bonchev–Trinajstić information content (AvgIpc) is 3.06. The lowest BCUT2D eigenvalue weighted by atomic mass is 10.0. The van der Waals surface area contributed by atoms with E-state index in [1.54, 1.807) is 24.3 Å². The molecule has 1 fully saturated rings. The summed E-state index contributed by atoms with van der Waals surface area (Å²) in [5, 5.41) is 5.44. The van der Waals surface area contributed by atoms with Gasteiger partial charge in [0.05, 0.1) is 0 Å². The molecular weight excluding hydrogens is 306 g/mol. The number of nitrogens with one attached hydrogen (secondary N) is 2. The van der Waals surface area contributed by atoms with Gasteiger partial charge in [-0.05, 0) is 43.0 Å². The molecule has 1 aliphatic rings. The molecular formula is C18H25N3O3. The summed E-state index contributed by atoms with van der Waals surface area (Å²) in [5.41, 5.74) is 1.23. The molecule has 3 amide bonds. The van der Waals surface area contributed by atoms with Crippen LogP contribution in [0.25, 0.3) is 0 Å². The van der Waals surface area contributed by atoms with Gasteiger partial charge >= 0.3 is 0 Å². The highest BCUT2D eigenvalue weighted by Gasteiger charge is 2.23. The van der Waals surface area contributed by atoms with Gasteiger partial charge in [-0.25, -0.2) is 0 Å². The van der Waals surface area contributed by atoms with Gasteiger partial charge in [0.25, 0.3) is 5.91 Å². The SMILES string of the molecule is CC(=O)NC(C(=O)Nc1ccc(C(=O)N2CCCC2)cc1)C(C)C. The molecule has 1 heterocycles. The Morgan fingerprint density at radius 1 is 1.04 bits per heavy atom. The molecule has 1 aromatic rings. The molecule has 1 atom stereocenters. The Balaban J connectivity index is 2.01. The predicted molar refractivity (Wildman–Crippen MR) is 92.7 cm³/mol. The molecule has 2 N–H and O–H groups in total. The zero-order chi connectivity index (χ0) is 17.7. The second kappa shape index (κ2) is 7.95. The minimum atomic E-state index is -0.589. The third kappa shape index (κ3) is 4.57. The Morgan fingerprint density at radius 3 is 2.12 bits per heavy atom. The van der Waals surface area contributed by atoms with Gasteiger partial charge in [0, 0.05) is 31.3 Å². The number of anilines is 1. The Bertz CT molecular complexity index is 604. The van der Waals surface area contributed by atoms with Crippen LogP contribution in [0.3, 0.4) is 0 Å². The quantitative estimate of drug-likeness (QED) is 0.866. The fourth-order valence-corrected chi connectivity index (χ4v) is 2.77. The van der Waals surface area contributed by atoms with Crippen molar-refractivity contribution in [3.63, 3.8) is 0 Å². The maximum Gasteiger partial charge on any atom is 0.253 e. The van der Waals surface area contributed by atoms with Crippen LogP contribution in [0.15, 0.2) is 24.3 Å². The van der Waals surface area contributed by atoms with Gasteiger partial charge in [0.15, 0.2) is 0 Å². The first kappa shape index (κ1) is 18.0. The largest absolute Gasteiger partial charge is 0.344 e. The number of carbonyl (C=O) groups excluding carboxylic acids is 3. The summed E-state index contributed by atoms with van der Waals surface area (Å²) in [6.07, 6.45) is 2.11. The molecule has 0 bridgehead atoms. The van der Waals surface area contributed by atoms with Gasteiger partial charge < -0.3 is 15.5 Å². The third-order valence-electron chi connectivity index (χ3n) is 4.10. The van der Waals surface area contributed by atoms with Crippen molar-refractivity contribution in [1.82, 2.24) is 10.2 Å². The average molecular weight is 331 g/mol. The van der Waals surface area contributed by atoms with Gasteiger partial charge in [0.1, 0.15) is 6.04 Å². The van der Waals surface area contributed by atoms with Crippen LogP contribution in [0.2, 0.25) is 0 Å². The zero-order valence-corrected chi connectivity index (χ0v) is 14.5. The van der Waals surface area contributed by atoms with Crippen molar-refractivity contribution in [2.75, 3.05) is 18.4 Å². The van der Waals surface area contributed by atoms with Crippen LogP contribution in [0.4, 0.5) is 5.69 Å². The van der Waals surface area contributed by atoms with Crippen molar-refractivity contribution >= 4 is 23.4 Å². The summed E-state index contributed by atoms with van der Waals surface area (Å²) in [7, 11) is 0. The second-order valence-corrected chi connectivity index (χ2v) is 6.49. The van der Waals surface area contributed by atoms with E-state index in [4.69, 9.17) is 0 Å². The predicted octanol–water partition coefficient (Wildman–Crippen LogP) is 2.02. The van der Waals surface area contributed by atoms with E-state index in [1.807, 2.05) is 18.7 Å². The van der Waals surface area contributed by atoms with E-state index in [-0.39, 0.29) is 23.6 Å². The van der Waals surface area contributed by atoms with Gasteiger partial charge in [-0.1, -0.05) is 13.8 Å². The third-order valence-corrected chi connectivity index (χ3v) is 4.10. The number of hydrogen-bond acceptors (Lipinski definition) is 3. The van der Waals surface area contributed by atoms with Crippen molar-refractivity contribution in [1.29, 1.82) is 0 Å². The summed E-state index contributed by atoms with van der Waals surface area (Å²) in [5.74, 6) is -0.497. The lowest BCUT2D eigenvalue weighted by Crippen LogP contribution is -2.46. The Hall–Kier alpha value is -2.37.